The summed E-state index contributed by atoms with van der Waals surface area (Å²) in [6, 6.07) is 8.39. The standard InChI is InChI=1S/C18H28ClN/c1-5-10-20-13-18(11-14(12-18)17(2,3)4)15-8-6-7-9-16(15)19/h6-9,14,20H,5,10-13H2,1-4H3. The van der Waals surface area contributed by atoms with Crippen molar-refractivity contribution in [3.05, 3.63) is 34.9 Å². The number of benzene rings is 1. The van der Waals surface area contributed by atoms with Gasteiger partial charge in [0.25, 0.3) is 0 Å². The Bertz CT molecular complexity index is 441. The summed E-state index contributed by atoms with van der Waals surface area (Å²) in [5.41, 5.74) is 1.98. The first-order chi connectivity index (χ1) is 9.39. The van der Waals surface area contributed by atoms with Crippen LogP contribution in [0.2, 0.25) is 5.02 Å². The van der Waals surface area contributed by atoms with Crippen LogP contribution < -0.4 is 5.32 Å². The van der Waals surface area contributed by atoms with Gasteiger partial charge in [0.2, 0.25) is 0 Å². The largest absolute Gasteiger partial charge is 0.316 e. The summed E-state index contributed by atoms with van der Waals surface area (Å²) in [5, 5.41) is 4.55. The highest BCUT2D eigenvalue weighted by Gasteiger charge is 2.49. The molecule has 1 nitrogen and oxygen atoms in total. The molecule has 1 aromatic carbocycles. The third-order valence-corrected chi connectivity index (χ3v) is 5.16. The summed E-state index contributed by atoms with van der Waals surface area (Å²) in [4.78, 5) is 0. The lowest BCUT2D eigenvalue weighted by Crippen LogP contribution is -2.52. The predicted octanol–water partition coefficient (Wildman–Crippen LogP) is 5.03. The molecule has 0 saturated heterocycles. The Morgan fingerprint density at radius 1 is 1.25 bits per heavy atom. The van der Waals surface area contributed by atoms with Gasteiger partial charge in [-0.1, -0.05) is 57.5 Å². The van der Waals surface area contributed by atoms with Gasteiger partial charge in [-0.3, -0.25) is 0 Å². The summed E-state index contributed by atoms with van der Waals surface area (Å²) in [5.74, 6) is 0.794. The second-order valence-corrected chi connectivity index (χ2v) is 7.82. The van der Waals surface area contributed by atoms with Crippen LogP contribution in [0.4, 0.5) is 0 Å². The number of rotatable bonds is 5. The topological polar surface area (TPSA) is 12.0 Å². The van der Waals surface area contributed by atoms with Crippen molar-refractivity contribution >= 4 is 11.6 Å². The molecule has 0 radical (unpaired) electrons. The Morgan fingerprint density at radius 3 is 2.45 bits per heavy atom. The van der Waals surface area contributed by atoms with Crippen molar-refractivity contribution in [2.24, 2.45) is 11.3 Å². The molecule has 0 bridgehead atoms. The minimum atomic E-state index is 0.242. The Balaban J connectivity index is 2.17. The van der Waals surface area contributed by atoms with Crippen LogP contribution in [0.5, 0.6) is 0 Å². The number of halogens is 1. The van der Waals surface area contributed by atoms with Crippen molar-refractivity contribution in [3.8, 4) is 0 Å². The highest BCUT2D eigenvalue weighted by Crippen LogP contribution is 2.55. The number of hydrogen-bond acceptors (Lipinski definition) is 1. The summed E-state index contributed by atoms with van der Waals surface area (Å²) < 4.78 is 0. The zero-order valence-corrected chi connectivity index (χ0v) is 14.1. The molecule has 1 aliphatic carbocycles. The van der Waals surface area contributed by atoms with Crippen molar-refractivity contribution in [1.82, 2.24) is 5.32 Å². The molecule has 2 rings (SSSR count). The fraction of sp³-hybridized carbons (Fsp3) is 0.667. The van der Waals surface area contributed by atoms with Crippen LogP contribution in [-0.2, 0) is 5.41 Å². The van der Waals surface area contributed by atoms with E-state index in [1.54, 1.807) is 0 Å². The van der Waals surface area contributed by atoms with E-state index in [2.05, 4.69) is 45.1 Å². The van der Waals surface area contributed by atoms with Crippen molar-refractivity contribution < 1.29 is 0 Å². The molecule has 1 N–H and O–H groups in total. The zero-order valence-electron chi connectivity index (χ0n) is 13.3. The first-order valence-electron chi connectivity index (χ1n) is 7.85. The van der Waals surface area contributed by atoms with Crippen LogP contribution in [0.25, 0.3) is 0 Å². The maximum atomic E-state index is 6.47. The van der Waals surface area contributed by atoms with Gasteiger partial charge in [-0.05, 0) is 48.8 Å². The molecule has 0 heterocycles. The van der Waals surface area contributed by atoms with Crippen LogP contribution in [0.3, 0.4) is 0 Å². The van der Waals surface area contributed by atoms with Gasteiger partial charge in [0, 0.05) is 17.0 Å². The minimum absolute atomic E-state index is 0.242. The SMILES string of the molecule is CCCNCC1(c2ccccc2Cl)CC(C(C)(C)C)C1. The quantitative estimate of drug-likeness (QED) is 0.751. The van der Waals surface area contributed by atoms with Crippen LogP contribution >= 0.6 is 11.6 Å². The highest BCUT2D eigenvalue weighted by atomic mass is 35.5. The zero-order chi connectivity index (χ0) is 14.8. The van der Waals surface area contributed by atoms with E-state index in [0.29, 0.717) is 5.41 Å². The van der Waals surface area contributed by atoms with Crippen LogP contribution in [0.15, 0.2) is 24.3 Å². The van der Waals surface area contributed by atoms with E-state index in [4.69, 9.17) is 11.6 Å². The average molecular weight is 294 g/mol. The molecular weight excluding hydrogens is 266 g/mol. The molecule has 1 aliphatic rings. The molecule has 0 spiro atoms. The van der Waals surface area contributed by atoms with Crippen molar-refractivity contribution in [2.75, 3.05) is 13.1 Å². The van der Waals surface area contributed by atoms with E-state index in [0.717, 1.165) is 24.0 Å². The number of nitrogens with one attached hydrogen (secondary N) is 1. The van der Waals surface area contributed by atoms with Crippen molar-refractivity contribution in [1.29, 1.82) is 0 Å². The summed E-state index contributed by atoms with van der Waals surface area (Å²) >= 11 is 6.47. The smallest absolute Gasteiger partial charge is 0.0444 e. The van der Waals surface area contributed by atoms with Gasteiger partial charge in [0.05, 0.1) is 0 Å². The van der Waals surface area contributed by atoms with E-state index in [9.17, 15) is 0 Å². The van der Waals surface area contributed by atoms with Gasteiger partial charge >= 0.3 is 0 Å². The van der Waals surface area contributed by atoms with E-state index in [1.807, 2.05) is 12.1 Å². The highest BCUT2D eigenvalue weighted by molar-refractivity contribution is 6.31. The van der Waals surface area contributed by atoms with Gasteiger partial charge in [0.1, 0.15) is 0 Å². The molecule has 1 aromatic rings. The first-order valence-corrected chi connectivity index (χ1v) is 8.22. The van der Waals surface area contributed by atoms with E-state index >= 15 is 0 Å². The van der Waals surface area contributed by atoms with Gasteiger partial charge in [-0.2, -0.15) is 0 Å². The Labute approximate surface area is 129 Å². The van der Waals surface area contributed by atoms with Crippen molar-refractivity contribution in [2.45, 2.75) is 52.4 Å². The predicted molar refractivity (Wildman–Crippen MR) is 88.5 cm³/mol. The molecule has 20 heavy (non-hydrogen) atoms. The third kappa shape index (κ3) is 3.20. The van der Waals surface area contributed by atoms with E-state index in [1.165, 1.54) is 24.8 Å². The fourth-order valence-corrected chi connectivity index (χ4v) is 3.69. The summed E-state index contributed by atoms with van der Waals surface area (Å²) in [6.45, 7) is 11.4. The van der Waals surface area contributed by atoms with Gasteiger partial charge in [-0.25, -0.2) is 0 Å². The molecule has 0 amide bonds. The molecule has 0 atom stereocenters. The molecule has 2 heteroatoms. The Kier molecular flexibility index (Phi) is 4.81. The molecule has 0 aliphatic heterocycles. The van der Waals surface area contributed by atoms with Gasteiger partial charge in [0.15, 0.2) is 0 Å². The third-order valence-electron chi connectivity index (χ3n) is 4.83. The lowest BCUT2D eigenvalue weighted by Gasteiger charge is -2.53. The maximum Gasteiger partial charge on any atom is 0.0444 e. The minimum Gasteiger partial charge on any atom is -0.316 e. The van der Waals surface area contributed by atoms with Crippen LogP contribution in [-0.4, -0.2) is 13.1 Å². The van der Waals surface area contributed by atoms with Gasteiger partial charge < -0.3 is 5.32 Å². The molecule has 0 unspecified atom stereocenters. The molecule has 112 valence electrons. The maximum absolute atomic E-state index is 6.47. The summed E-state index contributed by atoms with van der Waals surface area (Å²) in [6.07, 6.45) is 3.68. The first kappa shape index (κ1) is 15.9. The van der Waals surface area contributed by atoms with Crippen molar-refractivity contribution in [3.63, 3.8) is 0 Å². The fourth-order valence-electron chi connectivity index (χ4n) is 3.35. The van der Waals surface area contributed by atoms with Gasteiger partial charge in [-0.15, -0.1) is 0 Å². The molecule has 1 fully saturated rings. The van der Waals surface area contributed by atoms with Crippen LogP contribution in [0, 0.1) is 11.3 Å². The lowest BCUT2D eigenvalue weighted by atomic mass is 9.52. The Morgan fingerprint density at radius 2 is 1.90 bits per heavy atom. The average Bonchev–Trinajstić information content (AvgIpc) is 2.32. The normalized spacial score (nSPS) is 26.4. The molecular formula is C18H28ClN. The second kappa shape index (κ2) is 6.07. The molecule has 0 aromatic heterocycles. The molecule has 1 saturated carbocycles. The number of hydrogen-bond donors (Lipinski definition) is 1. The van der Waals surface area contributed by atoms with Crippen LogP contribution in [0.1, 0.15) is 52.5 Å². The van der Waals surface area contributed by atoms with E-state index in [-0.39, 0.29) is 5.41 Å². The monoisotopic (exact) mass is 293 g/mol. The van der Waals surface area contributed by atoms with E-state index < -0.39 is 0 Å². The second-order valence-electron chi connectivity index (χ2n) is 7.41. The Hall–Kier alpha value is -0.530. The lowest BCUT2D eigenvalue weighted by molar-refractivity contribution is 0.0450. The summed E-state index contributed by atoms with van der Waals surface area (Å²) in [7, 11) is 0.